The van der Waals surface area contributed by atoms with Crippen LogP contribution in [0.5, 0.6) is 0 Å². The number of benzene rings is 9. The number of hydrogen-bond donors (Lipinski definition) is 0. The van der Waals surface area contributed by atoms with Gasteiger partial charge in [0.1, 0.15) is 0 Å². The van der Waals surface area contributed by atoms with Gasteiger partial charge in [0.15, 0.2) is 0 Å². The fraction of sp³-hybridized carbons (Fsp3) is 0.115. The SMILES string of the molecule is [2H]c1c([2H])c([2H])c(-c2ccc3cc(-c4c5ccc(C(C)C)cc5c(-c5c([2H])c([2H])c([2H])c([2H])c5[2H])c5ccc(C(C)C)cc45)c4ccc(-c5c([2H])c([2H])c([2H])c([2H])c5[2H])cc4c3c2)c([2H])c1[2H]. The Labute approximate surface area is 328 Å². The molecule has 9 aromatic carbocycles. The second kappa shape index (κ2) is 13.0. The third kappa shape index (κ3) is 5.47. The first kappa shape index (κ1) is 19.6. The fourth-order valence-corrected chi connectivity index (χ4v) is 7.37. The first-order chi connectivity index (χ1) is 31.7. The number of hydrogen-bond acceptors (Lipinski definition) is 0. The summed E-state index contributed by atoms with van der Waals surface area (Å²) in [6.07, 6.45) is 0. The Morgan fingerprint density at radius 2 is 0.808 bits per heavy atom. The average Bonchev–Trinajstić information content (AvgIpc) is 3.31. The molecule has 0 aromatic heterocycles. The lowest BCUT2D eigenvalue weighted by Gasteiger charge is -2.22. The van der Waals surface area contributed by atoms with Gasteiger partial charge in [-0.05, 0) is 129 Å². The highest BCUT2D eigenvalue weighted by Gasteiger charge is 2.21. The largest absolute Gasteiger partial charge is 0.0629 e. The smallest absolute Gasteiger partial charge is 0.0622 e. The third-order valence-corrected chi connectivity index (χ3v) is 10.0. The van der Waals surface area contributed by atoms with Gasteiger partial charge in [-0.1, -0.05) is 179 Å². The van der Waals surface area contributed by atoms with Gasteiger partial charge in [0, 0.05) is 0 Å². The molecule has 0 atom stereocenters. The van der Waals surface area contributed by atoms with Crippen LogP contribution >= 0.6 is 0 Å². The Kier molecular flexibility index (Phi) is 4.88. The molecule has 0 aliphatic carbocycles. The van der Waals surface area contributed by atoms with Crippen LogP contribution < -0.4 is 0 Å². The fourth-order valence-electron chi connectivity index (χ4n) is 7.37. The second-order valence-corrected chi connectivity index (χ2v) is 13.8. The van der Waals surface area contributed by atoms with E-state index in [1.54, 1.807) is 24.3 Å². The summed E-state index contributed by atoms with van der Waals surface area (Å²) < 4.78 is 130. The Morgan fingerprint density at radius 1 is 0.346 bits per heavy atom. The molecule has 52 heavy (non-hydrogen) atoms. The zero-order valence-electron chi connectivity index (χ0n) is 44.2. The molecule has 0 heterocycles. The molecule has 9 aromatic rings. The van der Waals surface area contributed by atoms with E-state index in [1.165, 1.54) is 0 Å². The molecule has 0 N–H and O–H groups in total. The standard InChI is InChI=1S/C52H42/c1-33(2)38-23-27-45-49(28-38)51(37-18-12-7-13-19-37)44-26-22-39(34(3)4)29-50(44)52(45)48-32-42-21-20-40(35-14-8-5-9-15-35)30-46(42)47-31-41(24-25-43(47)48)36-16-10-6-11-17-36/h5-34H,1-4H3/i5D,6D,7D,8D,9D,10D,11D,12D,13D,14D,15D,16D,17D,18D,19D. The van der Waals surface area contributed by atoms with Gasteiger partial charge in [-0.15, -0.1) is 0 Å². The minimum atomic E-state index is -0.525. The summed E-state index contributed by atoms with van der Waals surface area (Å²) in [4.78, 5) is 0. The zero-order chi connectivity index (χ0) is 48.4. The molecule has 0 fully saturated rings. The van der Waals surface area contributed by atoms with Gasteiger partial charge in [0.2, 0.25) is 0 Å². The highest BCUT2D eigenvalue weighted by molar-refractivity contribution is 6.26. The van der Waals surface area contributed by atoms with Crippen molar-refractivity contribution in [1.82, 2.24) is 0 Å². The molecule has 0 unspecified atom stereocenters. The molecular weight excluding hydrogens is 625 g/mol. The molecular formula is C52H42. The van der Waals surface area contributed by atoms with Crippen LogP contribution in [0.25, 0.3) is 87.6 Å². The van der Waals surface area contributed by atoms with E-state index >= 15 is 0 Å². The van der Waals surface area contributed by atoms with Crippen molar-refractivity contribution >= 4 is 43.1 Å². The third-order valence-electron chi connectivity index (χ3n) is 10.0. The Morgan fingerprint density at radius 3 is 1.37 bits per heavy atom. The Bertz CT molecular complexity index is 3560. The zero-order valence-corrected chi connectivity index (χ0v) is 29.2. The Balaban J connectivity index is 1.49. The quantitative estimate of drug-likeness (QED) is 0.121. The Hall–Kier alpha value is -5.98. The van der Waals surface area contributed by atoms with Gasteiger partial charge in [-0.3, -0.25) is 0 Å². The van der Waals surface area contributed by atoms with Crippen LogP contribution in [0.1, 0.15) is 71.2 Å². The minimum absolute atomic E-state index is 0.00473. The van der Waals surface area contributed by atoms with Gasteiger partial charge in [-0.25, -0.2) is 0 Å². The molecule has 0 heteroatoms. The van der Waals surface area contributed by atoms with E-state index in [9.17, 15) is 2.74 Å². The van der Waals surface area contributed by atoms with E-state index in [4.69, 9.17) is 17.8 Å². The molecule has 0 radical (unpaired) electrons. The molecule has 0 saturated carbocycles. The molecule has 0 aliphatic rings. The maximum atomic E-state index is 9.20. The van der Waals surface area contributed by atoms with Crippen LogP contribution in [0.4, 0.5) is 0 Å². The summed E-state index contributed by atoms with van der Waals surface area (Å²) in [6, 6.07) is 18.2. The van der Waals surface area contributed by atoms with Crippen molar-refractivity contribution in [3.8, 4) is 44.5 Å². The predicted octanol–water partition coefficient (Wildman–Crippen LogP) is 15.2. The van der Waals surface area contributed by atoms with E-state index < -0.39 is 54.4 Å². The first-order valence-corrected chi connectivity index (χ1v) is 17.4. The van der Waals surface area contributed by atoms with Gasteiger partial charge < -0.3 is 0 Å². The molecule has 0 amide bonds. The van der Waals surface area contributed by atoms with E-state index in [1.807, 2.05) is 48.5 Å². The van der Waals surface area contributed by atoms with Crippen molar-refractivity contribution in [3.05, 3.63) is 181 Å². The molecule has 0 spiro atoms. The van der Waals surface area contributed by atoms with Gasteiger partial charge in [0.25, 0.3) is 0 Å². The van der Waals surface area contributed by atoms with E-state index in [2.05, 4.69) is 33.8 Å². The van der Waals surface area contributed by atoms with E-state index in [-0.39, 0.29) is 64.8 Å². The molecule has 0 saturated heterocycles. The highest BCUT2D eigenvalue weighted by atomic mass is 14.2. The summed E-state index contributed by atoms with van der Waals surface area (Å²) in [6.45, 7) is 8.27. The number of rotatable bonds is 6. The maximum Gasteiger partial charge on any atom is 0.0629 e. The van der Waals surface area contributed by atoms with E-state index in [0.29, 0.717) is 49.0 Å². The predicted molar refractivity (Wildman–Crippen MR) is 226 cm³/mol. The maximum absolute atomic E-state index is 9.20. The van der Waals surface area contributed by atoms with E-state index in [0.717, 1.165) is 33.0 Å². The molecule has 0 nitrogen and oxygen atoms in total. The van der Waals surface area contributed by atoms with Crippen LogP contribution in [-0.2, 0) is 0 Å². The van der Waals surface area contributed by atoms with Gasteiger partial charge >= 0.3 is 0 Å². The summed E-state index contributed by atoms with van der Waals surface area (Å²) in [5, 5.41) is 5.38. The van der Waals surface area contributed by atoms with Crippen molar-refractivity contribution in [2.75, 3.05) is 0 Å². The summed E-state index contributed by atoms with van der Waals surface area (Å²) in [5.74, 6) is 0.145. The van der Waals surface area contributed by atoms with Gasteiger partial charge in [0.05, 0.1) is 20.6 Å². The van der Waals surface area contributed by atoms with Crippen molar-refractivity contribution < 1.29 is 20.6 Å². The summed E-state index contributed by atoms with van der Waals surface area (Å²) >= 11 is 0. The average molecular weight is 682 g/mol. The lowest BCUT2D eigenvalue weighted by atomic mass is 9.81. The second-order valence-electron chi connectivity index (χ2n) is 13.8. The van der Waals surface area contributed by atoms with Crippen molar-refractivity contribution in [2.45, 2.75) is 39.5 Å². The lowest BCUT2D eigenvalue weighted by Crippen LogP contribution is -1.96. The van der Waals surface area contributed by atoms with Crippen LogP contribution in [0.3, 0.4) is 0 Å². The highest BCUT2D eigenvalue weighted by Crippen LogP contribution is 2.48. The molecule has 9 rings (SSSR count). The number of fused-ring (bicyclic) bond motifs is 5. The molecule has 0 aliphatic heterocycles. The normalized spacial score (nSPS) is 15.8. The van der Waals surface area contributed by atoms with Crippen molar-refractivity contribution in [3.63, 3.8) is 0 Å². The summed E-state index contributed by atoms with van der Waals surface area (Å²) in [5.41, 5.74) is 4.77. The lowest BCUT2D eigenvalue weighted by molar-refractivity contribution is 0.868. The first-order valence-electron chi connectivity index (χ1n) is 24.9. The molecule has 250 valence electrons. The van der Waals surface area contributed by atoms with Crippen LogP contribution in [0.2, 0.25) is 0 Å². The monoisotopic (exact) mass is 681 g/mol. The van der Waals surface area contributed by atoms with Crippen LogP contribution in [0.15, 0.2) is 169 Å². The molecule has 0 bridgehead atoms. The minimum Gasteiger partial charge on any atom is -0.0622 e. The van der Waals surface area contributed by atoms with Crippen LogP contribution in [0, 0.1) is 0 Å². The topological polar surface area (TPSA) is 0 Å². The summed E-state index contributed by atoms with van der Waals surface area (Å²) in [7, 11) is 0. The van der Waals surface area contributed by atoms with Crippen molar-refractivity contribution in [2.24, 2.45) is 0 Å². The van der Waals surface area contributed by atoms with Crippen molar-refractivity contribution in [1.29, 1.82) is 0 Å². The van der Waals surface area contributed by atoms with Crippen LogP contribution in [-0.4, -0.2) is 0 Å². The van der Waals surface area contributed by atoms with Gasteiger partial charge in [-0.2, -0.15) is 0 Å².